The number of aliphatic hydroxyl groups is 1. The zero-order valence-corrected chi connectivity index (χ0v) is 21.8. The largest absolute Gasteiger partial charge is 0.508 e. The van der Waals surface area contributed by atoms with E-state index in [0.29, 0.717) is 16.7 Å². The number of phenolic OH excluding ortho intramolecular Hbond substituents is 3. The lowest BCUT2D eigenvalue weighted by atomic mass is 9.96. The molecule has 196 valence electrons. The number of fused-ring (bicyclic) bond motifs is 1. The molecule has 0 saturated carbocycles. The zero-order valence-electron chi connectivity index (χ0n) is 21.8. The third-order valence-electron chi connectivity index (χ3n) is 6.22. The lowest BCUT2D eigenvalue weighted by molar-refractivity contribution is 0.210. The number of aliphatic hydroxyl groups excluding tert-OH is 1. The van der Waals surface area contributed by atoms with E-state index < -0.39 is 23.0 Å². The Morgan fingerprint density at radius 2 is 1.51 bits per heavy atom. The molecular weight excluding hydrogens is 472 g/mol. The van der Waals surface area contributed by atoms with Crippen molar-refractivity contribution in [3.05, 3.63) is 80.6 Å². The van der Waals surface area contributed by atoms with Gasteiger partial charge in [0, 0.05) is 23.1 Å². The minimum atomic E-state index is -0.855. The number of rotatable bonds is 8. The van der Waals surface area contributed by atoms with Gasteiger partial charge in [0.1, 0.15) is 28.2 Å². The van der Waals surface area contributed by atoms with E-state index in [1.165, 1.54) is 6.07 Å². The van der Waals surface area contributed by atoms with Crippen LogP contribution in [0.3, 0.4) is 0 Å². The summed E-state index contributed by atoms with van der Waals surface area (Å²) in [7, 11) is 0. The minimum Gasteiger partial charge on any atom is -0.508 e. The topological polar surface area (TPSA) is 131 Å². The Morgan fingerprint density at radius 1 is 0.919 bits per heavy atom. The smallest absolute Gasteiger partial charge is 0.238 e. The molecule has 0 bridgehead atoms. The van der Waals surface area contributed by atoms with Crippen molar-refractivity contribution in [2.45, 2.75) is 60.0 Å². The van der Waals surface area contributed by atoms with Gasteiger partial charge in [-0.3, -0.25) is 4.79 Å². The Labute approximate surface area is 216 Å². The number of benzene rings is 2. The number of aromatic hydroxyl groups is 4. The summed E-state index contributed by atoms with van der Waals surface area (Å²) in [5, 5.41) is 53.3. The van der Waals surface area contributed by atoms with Gasteiger partial charge in [0.2, 0.25) is 11.2 Å². The fourth-order valence-corrected chi connectivity index (χ4v) is 3.96. The highest BCUT2D eigenvalue weighted by Crippen LogP contribution is 2.43. The van der Waals surface area contributed by atoms with Crippen LogP contribution in [0.15, 0.2) is 62.9 Å². The molecule has 1 aromatic heterocycles. The van der Waals surface area contributed by atoms with Crippen molar-refractivity contribution in [3.8, 4) is 34.3 Å². The first kappa shape index (κ1) is 27.6. The summed E-state index contributed by atoms with van der Waals surface area (Å²) in [5.41, 5.74) is 2.72. The lowest BCUT2D eigenvalue weighted by Crippen LogP contribution is -2.11. The first-order valence-electron chi connectivity index (χ1n) is 12.0. The van der Waals surface area contributed by atoms with Crippen LogP contribution in [-0.2, 0) is 19.3 Å². The molecule has 1 heterocycles. The van der Waals surface area contributed by atoms with Gasteiger partial charge in [-0.05, 0) is 59.1 Å². The van der Waals surface area contributed by atoms with Gasteiger partial charge in [-0.25, -0.2) is 0 Å². The average Bonchev–Trinajstić information content (AvgIpc) is 2.81. The van der Waals surface area contributed by atoms with Gasteiger partial charge >= 0.3 is 0 Å². The second kappa shape index (κ2) is 11.0. The Hall–Kier alpha value is -3.97. The van der Waals surface area contributed by atoms with Crippen molar-refractivity contribution in [1.82, 2.24) is 0 Å². The van der Waals surface area contributed by atoms with E-state index in [4.69, 9.17) is 4.42 Å². The summed E-state index contributed by atoms with van der Waals surface area (Å²) in [5.74, 6) is -1.74. The lowest BCUT2D eigenvalue weighted by Gasteiger charge is -2.16. The predicted molar refractivity (Wildman–Crippen MR) is 145 cm³/mol. The Bertz CT molecular complexity index is 1480. The molecule has 5 N–H and O–H groups in total. The summed E-state index contributed by atoms with van der Waals surface area (Å²) < 4.78 is 5.99. The maximum absolute atomic E-state index is 13.3. The fraction of sp³-hybridized carbons (Fsp3) is 0.300. The maximum atomic E-state index is 13.3. The van der Waals surface area contributed by atoms with E-state index >= 15 is 0 Å². The van der Waals surface area contributed by atoms with Gasteiger partial charge in [0.15, 0.2) is 5.76 Å². The monoisotopic (exact) mass is 506 g/mol. The second-order valence-electron chi connectivity index (χ2n) is 9.85. The SMILES string of the molecule is C=C(C)[C@@H](O)Cc1ccc(-c2oc3c(CC=C(C)C)c(O)c(CC=C(C)C)c(O)c3c(=O)c2O)cc1O. The van der Waals surface area contributed by atoms with Crippen LogP contribution in [0.5, 0.6) is 23.0 Å². The van der Waals surface area contributed by atoms with E-state index in [-0.39, 0.29) is 58.6 Å². The van der Waals surface area contributed by atoms with Crippen LogP contribution < -0.4 is 5.43 Å². The van der Waals surface area contributed by atoms with Gasteiger partial charge in [0.05, 0.1) is 6.10 Å². The normalized spacial score (nSPS) is 11.8. The Balaban J connectivity index is 2.30. The molecular formula is C30H34O7. The molecule has 3 rings (SSSR count). The van der Waals surface area contributed by atoms with Crippen molar-refractivity contribution in [3.63, 3.8) is 0 Å². The number of allylic oxidation sites excluding steroid dienone is 4. The van der Waals surface area contributed by atoms with E-state index in [0.717, 1.165) is 11.1 Å². The van der Waals surface area contributed by atoms with Crippen LogP contribution >= 0.6 is 0 Å². The zero-order chi connectivity index (χ0) is 27.6. The van der Waals surface area contributed by atoms with Gasteiger partial charge in [-0.15, -0.1) is 0 Å². The summed E-state index contributed by atoms with van der Waals surface area (Å²) in [6.45, 7) is 12.9. The predicted octanol–water partition coefficient (Wildman–Crippen LogP) is 5.78. The number of hydrogen-bond acceptors (Lipinski definition) is 7. The highest BCUT2D eigenvalue weighted by atomic mass is 16.4. The van der Waals surface area contributed by atoms with Gasteiger partial charge in [-0.1, -0.05) is 47.6 Å². The standard InChI is InChI=1S/C30H34O7/c1-15(2)7-11-20-25(33)21(12-8-16(3)4)30-24(26(20)34)27(35)28(36)29(37-30)19-10-9-18(23(32)14-19)13-22(31)17(5)6/h7-10,14,22,31-34,36H,5,11-13H2,1-4,6H3/t22-/m0/s1. The summed E-state index contributed by atoms with van der Waals surface area (Å²) in [6.07, 6.45) is 3.38. The highest BCUT2D eigenvalue weighted by molar-refractivity contribution is 5.93. The molecule has 0 radical (unpaired) electrons. The molecule has 0 spiro atoms. The summed E-state index contributed by atoms with van der Waals surface area (Å²) in [4.78, 5) is 13.3. The molecule has 0 unspecified atom stereocenters. The van der Waals surface area contributed by atoms with Gasteiger partial charge < -0.3 is 29.9 Å². The molecule has 7 nitrogen and oxygen atoms in total. The number of phenols is 3. The van der Waals surface area contributed by atoms with Crippen LogP contribution in [0.2, 0.25) is 0 Å². The van der Waals surface area contributed by atoms with Crippen molar-refractivity contribution < 1.29 is 29.9 Å². The maximum Gasteiger partial charge on any atom is 0.238 e. The average molecular weight is 507 g/mol. The minimum absolute atomic E-state index is 0.0486. The van der Waals surface area contributed by atoms with Crippen LogP contribution in [-0.4, -0.2) is 31.6 Å². The second-order valence-corrected chi connectivity index (χ2v) is 9.85. The van der Waals surface area contributed by atoms with Crippen molar-refractivity contribution in [2.75, 3.05) is 0 Å². The quantitative estimate of drug-likeness (QED) is 0.245. The van der Waals surface area contributed by atoms with Crippen LogP contribution in [0.25, 0.3) is 22.3 Å². The Morgan fingerprint density at radius 3 is 2.05 bits per heavy atom. The van der Waals surface area contributed by atoms with E-state index in [9.17, 15) is 30.3 Å². The first-order valence-corrected chi connectivity index (χ1v) is 12.0. The van der Waals surface area contributed by atoms with Crippen molar-refractivity contribution in [1.29, 1.82) is 0 Å². The van der Waals surface area contributed by atoms with E-state index in [1.54, 1.807) is 19.1 Å². The molecule has 0 fully saturated rings. The molecule has 37 heavy (non-hydrogen) atoms. The molecule has 3 aromatic rings. The third kappa shape index (κ3) is 5.73. The summed E-state index contributed by atoms with van der Waals surface area (Å²) >= 11 is 0. The Kier molecular flexibility index (Phi) is 8.18. The van der Waals surface area contributed by atoms with Gasteiger partial charge in [-0.2, -0.15) is 0 Å². The molecule has 1 atom stereocenters. The summed E-state index contributed by atoms with van der Waals surface area (Å²) in [6, 6.07) is 4.42. The van der Waals surface area contributed by atoms with Crippen molar-refractivity contribution >= 4 is 11.0 Å². The fourth-order valence-electron chi connectivity index (χ4n) is 3.96. The molecule has 0 saturated heterocycles. The molecule has 7 heteroatoms. The van der Waals surface area contributed by atoms with Crippen LogP contribution in [0, 0.1) is 0 Å². The molecule has 0 amide bonds. The van der Waals surface area contributed by atoms with Crippen LogP contribution in [0.4, 0.5) is 0 Å². The van der Waals surface area contributed by atoms with E-state index in [1.807, 2.05) is 39.8 Å². The molecule has 0 aliphatic rings. The van der Waals surface area contributed by atoms with Gasteiger partial charge in [0.25, 0.3) is 0 Å². The third-order valence-corrected chi connectivity index (χ3v) is 6.22. The molecule has 2 aromatic carbocycles. The molecule has 0 aliphatic carbocycles. The van der Waals surface area contributed by atoms with Crippen molar-refractivity contribution in [2.24, 2.45) is 0 Å². The number of hydrogen-bond donors (Lipinski definition) is 5. The highest BCUT2D eigenvalue weighted by Gasteiger charge is 2.26. The van der Waals surface area contributed by atoms with Crippen LogP contribution in [0.1, 0.15) is 51.3 Å². The molecule has 0 aliphatic heterocycles. The first-order chi connectivity index (χ1) is 17.3. The van der Waals surface area contributed by atoms with E-state index in [2.05, 4.69) is 6.58 Å².